The van der Waals surface area contributed by atoms with Crippen LogP contribution in [-0.2, 0) is 0 Å². The molecule has 1 rings (SSSR count). The summed E-state index contributed by atoms with van der Waals surface area (Å²) in [4.78, 5) is 0.443. The van der Waals surface area contributed by atoms with Gasteiger partial charge in [0.25, 0.3) is 0 Å². The topological polar surface area (TPSA) is 0 Å². The minimum atomic E-state index is 0.381. The maximum atomic E-state index is 6.14. The second-order valence-corrected chi connectivity index (χ2v) is 5.32. The summed E-state index contributed by atoms with van der Waals surface area (Å²) in [5.41, 5.74) is 1.11. The maximum absolute atomic E-state index is 6.14. The zero-order chi connectivity index (χ0) is 10.7. The monoisotopic (exact) mass is 294 g/mol. The van der Waals surface area contributed by atoms with E-state index in [4.69, 9.17) is 23.2 Å². The number of halogens is 3. The Labute approximate surface area is 104 Å². The molecule has 0 saturated carbocycles. The molecule has 3 heteroatoms. The quantitative estimate of drug-likeness (QED) is 0.666. The van der Waals surface area contributed by atoms with Gasteiger partial charge in [-0.1, -0.05) is 65.1 Å². The van der Waals surface area contributed by atoms with Crippen LogP contribution in [0.1, 0.15) is 31.7 Å². The lowest BCUT2D eigenvalue weighted by Gasteiger charge is -2.18. The fourth-order valence-electron chi connectivity index (χ4n) is 1.42. The lowest BCUT2D eigenvalue weighted by molar-refractivity contribution is 0.694. The molecular formula is C11H13BrCl2. The van der Waals surface area contributed by atoms with Crippen LogP contribution in [0.2, 0.25) is 10.0 Å². The van der Waals surface area contributed by atoms with Crippen LogP contribution >= 0.6 is 39.1 Å². The van der Waals surface area contributed by atoms with Gasteiger partial charge in [0, 0.05) is 4.83 Å². The minimum absolute atomic E-state index is 0.381. The van der Waals surface area contributed by atoms with E-state index in [1.807, 2.05) is 18.2 Å². The molecule has 0 heterocycles. The Bertz CT molecular complexity index is 312. The van der Waals surface area contributed by atoms with Gasteiger partial charge in [0.1, 0.15) is 0 Å². The van der Waals surface area contributed by atoms with E-state index in [9.17, 15) is 0 Å². The third-order valence-electron chi connectivity index (χ3n) is 2.40. The van der Waals surface area contributed by atoms with Crippen molar-refractivity contribution in [2.75, 3.05) is 0 Å². The number of hydrogen-bond donors (Lipinski definition) is 0. The Morgan fingerprint density at radius 2 is 2.00 bits per heavy atom. The van der Waals surface area contributed by atoms with Gasteiger partial charge in [-0.05, 0) is 24.0 Å². The molecule has 0 saturated heterocycles. The van der Waals surface area contributed by atoms with Gasteiger partial charge in [-0.3, -0.25) is 0 Å². The van der Waals surface area contributed by atoms with E-state index in [1.165, 1.54) is 0 Å². The Kier molecular flexibility index (Phi) is 4.75. The zero-order valence-electron chi connectivity index (χ0n) is 8.23. The molecule has 0 fully saturated rings. The molecule has 1 aromatic rings. The van der Waals surface area contributed by atoms with Gasteiger partial charge in [0.05, 0.1) is 10.0 Å². The molecule has 0 aromatic heterocycles. The van der Waals surface area contributed by atoms with Crippen molar-refractivity contribution >= 4 is 39.1 Å². The smallest absolute Gasteiger partial charge is 0.0627 e. The molecule has 2 unspecified atom stereocenters. The van der Waals surface area contributed by atoms with E-state index in [2.05, 4.69) is 29.8 Å². The third-order valence-corrected chi connectivity index (χ3v) is 4.68. The normalized spacial score (nSPS) is 15.2. The molecule has 0 spiro atoms. The molecule has 0 aliphatic carbocycles. The van der Waals surface area contributed by atoms with Crippen LogP contribution in [0, 0.1) is 0 Å². The van der Waals surface area contributed by atoms with Crippen LogP contribution in [-0.4, -0.2) is 4.83 Å². The van der Waals surface area contributed by atoms with E-state index in [0.29, 0.717) is 20.8 Å². The van der Waals surface area contributed by atoms with Crippen molar-refractivity contribution in [3.63, 3.8) is 0 Å². The third kappa shape index (κ3) is 2.65. The first kappa shape index (κ1) is 12.4. The van der Waals surface area contributed by atoms with Crippen LogP contribution in [0.3, 0.4) is 0 Å². The molecule has 0 aliphatic rings. The summed E-state index contributed by atoms with van der Waals surface area (Å²) >= 11 is 15.7. The summed E-state index contributed by atoms with van der Waals surface area (Å²) in [7, 11) is 0. The largest absolute Gasteiger partial charge is 0.0884 e. The lowest BCUT2D eigenvalue weighted by atomic mass is 9.96. The van der Waals surface area contributed by atoms with Crippen LogP contribution in [0.4, 0.5) is 0 Å². The Hall–Kier alpha value is 0.280. The number of hydrogen-bond acceptors (Lipinski definition) is 0. The van der Waals surface area contributed by atoms with Gasteiger partial charge < -0.3 is 0 Å². The van der Waals surface area contributed by atoms with E-state index < -0.39 is 0 Å². The van der Waals surface area contributed by atoms with E-state index in [-0.39, 0.29) is 0 Å². The Morgan fingerprint density at radius 1 is 1.36 bits per heavy atom. The molecule has 0 N–H and O–H groups in total. The van der Waals surface area contributed by atoms with Gasteiger partial charge in [-0.15, -0.1) is 0 Å². The molecule has 14 heavy (non-hydrogen) atoms. The lowest BCUT2D eigenvalue weighted by Crippen LogP contribution is -2.08. The molecule has 0 nitrogen and oxygen atoms in total. The predicted octanol–water partition coefficient (Wildman–Crippen LogP) is 5.27. The second-order valence-electron chi connectivity index (χ2n) is 3.36. The van der Waals surface area contributed by atoms with Gasteiger partial charge in [0.2, 0.25) is 0 Å². The molecule has 0 bridgehead atoms. The van der Waals surface area contributed by atoms with Crippen LogP contribution in [0.25, 0.3) is 0 Å². The van der Waals surface area contributed by atoms with Crippen molar-refractivity contribution in [1.29, 1.82) is 0 Å². The average Bonchev–Trinajstić information content (AvgIpc) is 2.20. The summed E-state index contributed by atoms with van der Waals surface area (Å²) in [5, 5.41) is 1.31. The van der Waals surface area contributed by atoms with Gasteiger partial charge in [0.15, 0.2) is 0 Å². The summed E-state index contributed by atoms with van der Waals surface area (Å²) < 4.78 is 0. The molecular weight excluding hydrogens is 283 g/mol. The molecule has 0 radical (unpaired) electrons. The van der Waals surface area contributed by atoms with Crippen molar-refractivity contribution < 1.29 is 0 Å². The molecule has 0 amide bonds. The SMILES string of the molecule is CCC(Br)C(C)c1cccc(Cl)c1Cl. The highest BCUT2D eigenvalue weighted by atomic mass is 79.9. The summed E-state index contributed by atoms with van der Waals surface area (Å²) in [6, 6.07) is 5.79. The van der Waals surface area contributed by atoms with Crippen LogP contribution < -0.4 is 0 Å². The molecule has 1 aromatic carbocycles. The number of rotatable bonds is 3. The van der Waals surface area contributed by atoms with Crippen molar-refractivity contribution in [3.05, 3.63) is 33.8 Å². The van der Waals surface area contributed by atoms with Crippen molar-refractivity contribution in [3.8, 4) is 0 Å². The predicted molar refractivity (Wildman–Crippen MR) is 67.9 cm³/mol. The first-order valence-corrected chi connectivity index (χ1v) is 6.33. The maximum Gasteiger partial charge on any atom is 0.0627 e. The van der Waals surface area contributed by atoms with Gasteiger partial charge in [-0.25, -0.2) is 0 Å². The van der Waals surface area contributed by atoms with Gasteiger partial charge in [-0.2, -0.15) is 0 Å². The second kappa shape index (κ2) is 5.39. The molecule has 2 atom stereocenters. The summed E-state index contributed by atoms with van der Waals surface area (Å²) in [6.07, 6.45) is 1.07. The number of benzene rings is 1. The van der Waals surface area contributed by atoms with Crippen LogP contribution in [0.5, 0.6) is 0 Å². The first-order valence-electron chi connectivity index (χ1n) is 4.65. The summed E-state index contributed by atoms with van der Waals surface area (Å²) in [6.45, 7) is 4.30. The molecule has 0 aliphatic heterocycles. The highest BCUT2D eigenvalue weighted by Crippen LogP contribution is 2.35. The highest BCUT2D eigenvalue weighted by Gasteiger charge is 2.17. The van der Waals surface area contributed by atoms with Crippen LogP contribution in [0.15, 0.2) is 18.2 Å². The first-order chi connectivity index (χ1) is 6.57. The summed E-state index contributed by atoms with van der Waals surface area (Å²) in [5.74, 6) is 0.381. The average molecular weight is 296 g/mol. The van der Waals surface area contributed by atoms with Gasteiger partial charge >= 0.3 is 0 Å². The Morgan fingerprint density at radius 3 is 2.57 bits per heavy atom. The molecule has 78 valence electrons. The standard InChI is InChI=1S/C11H13BrCl2/c1-3-9(12)7(2)8-5-4-6-10(13)11(8)14/h4-7,9H,3H2,1-2H3. The Balaban J connectivity index is 3.01. The van der Waals surface area contributed by atoms with E-state index >= 15 is 0 Å². The van der Waals surface area contributed by atoms with Crippen molar-refractivity contribution in [2.24, 2.45) is 0 Å². The zero-order valence-corrected chi connectivity index (χ0v) is 11.3. The van der Waals surface area contributed by atoms with E-state index in [1.54, 1.807) is 0 Å². The number of alkyl halides is 1. The van der Waals surface area contributed by atoms with Crippen molar-refractivity contribution in [1.82, 2.24) is 0 Å². The fourth-order valence-corrected chi connectivity index (χ4v) is 2.19. The highest BCUT2D eigenvalue weighted by molar-refractivity contribution is 9.09. The van der Waals surface area contributed by atoms with E-state index in [0.717, 1.165) is 12.0 Å². The fraction of sp³-hybridized carbons (Fsp3) is 0.455. The van der Waals surface area contributed by atoms with Crippen molar-refractivity contribution in [2.45, 2.75) is 31.0 Å². The minimum Gasteiger partial charge on any atom is -0.0884 e.